The van der Waals surface area contributed by atoms with E-state index in [1.807, 2.05) is 6.07 Å². The minimum absolute atomic E-state index is 0.0810. The van der Waals surface area contributed by atoms with Gasteiger partial charge in [-0.25, -0.2) is 0 Å². The molecule has 0 saturated carbocycles. The van der Waals surface area contributed by atoms with E-state index in [0.29, 0.717) is 26.1 Å². The van der Waals surface area contributed by atoms with Gasteiger partial charge in [0.15, 0.2) is 0 Å². The first-order valence-electron chi connectivity index (χ1n) is 12.9. The van der Waals surface area contributed by atoms with Gasteiger partial charge in [0.2, 0.25) is 19.5 Å². The maximum absolute atomic E-state index is 11.0. The summed E-state index contributed by atoms with van der Waals surface area (Å²) in [6.45, 7) is 24.3. The Morgan fingerprint density at radius 3 is 1.95 bits per heavy atom. The number of allylic oxidation sites excluding steroid dienone is 2. The molecule has 1 aromatic carbocycles. The summed E-state index contributed by atoms with van der Waals surface area (Å²) in [5, 5.41) is 2.27. The van der Waals surface area contributed by atoms with Crippen LogP contribution in [0.3, 0.4) is 0 Å². The third kappa shape index (κ3) is 9.95. The number of carbonyl (C=O) groups excluding carboxylic acids is 1. The van der Waals surface area contributed by atoms with Crippen molar-refractivity contribution in [1.82, 2.24) is 0 Å². The summed E-state index contributed by atoms with van der Waals surface area (Å²) in [4.78, 5) is 12.1. The summed E-state index contributed by atoms with van der Waals surface area (Å²) in [5.41, 5.74) is 3.34. The second-order valence-corrected chi connectivity index (χ2v) is 17.2. The number of benzene rings is 1. The fourth-order valence-corrected chi connectivity index (χ4v) is 5.75. The van der Waals surface area contributed by atoms with Gasteiger partial charge in [-0.05, 0) is 96.1 Å². The molecule has 37 heavy (non-hydrogen) atoms. The zero-order chi connectivity index (χ0) is 28.1. The van der Waals surface area contributed by atoms with Crippen LogP contribution in [-0.4, -0.2) is 25.8 Å². The first-order valence-corrected chi connectivity index (χ1v) is 15.6. The van der Waals surface area contributed by atoms with E-state index in [4.69, 9.17) is 13.6 Å². The lowest BCUT2D eigenvalue weighted by molar-refractivity contribution is -0.104. The molecule has 7 heteroatoms. The number of rotatable bonds is 12. The van der Waals surface area contributed by atoms with Crippen LogP contribution in [0.2, 0.25) is 10.1 Å². The number of ether oxygens (including phenoxy) is 1. The van der Waals surface area contributed by atoms with E-state index < -0.39 is 11.2 Å². The summed E-state index contributed by atoms with van der Waals surface area (Å²) in [5.74, 6) is 0.803. The second-order valence-electron chi connectivity index (χ2n) is 12.4. The van der Waals surface area contributed by atoms with Crippen molar-refractivity contribution in [3.05, 3.63) is 57.3 Å². The van der Waals surface area contributed by atoms with Gasteiger partial charge < -0.3 is 13.6 Å². The minimum atomic E-state index is -0.516. The molecule has 202 valence electrons. The van der Waals surface area contributed by atoms with Crippen molar-refractivity contribution in [1.29, 1.82) is 0 Å². The molecule has 1 aromatic heterocycles. The maximum Gasteiger partial charge on any atom is 0.236 e. The van der Waals surface area contributed by atoms with Crippen LogP contribution in [0.5, 0.6) is 5.75 Å². The highest BCUT2D eigenvalue weighted by Gasteiger charge is 2.34. The van der Waals surface area contributed by atoms with Crippen LogP contribution in [0.1, 0.15) is 104 Å². The Morgan fingerprint density at radius 1 is 0.865 bits per heavy atom. The third-order valence-corrected chi connectivity index (χ3v) is 8.93. The van der Waals surface area contributed by atoms with Gasteiger partial charge in [0.1, 0.15) is 18.6 Å². The Balaban J connectivity index is 2.36. The molecular formula is C30H44O4SSi2. The van der Waals surface area contributed by atoms with Crippen LogP contribution in [0.4, 0.5) is 0 Å². The number of hydrogen-bond acceptors (Lipinski definition) is 5. The predicted molar refractivity (Wildman–Crippen MR) is 159 cm³/mol. The van der Waals surface area contributed by atoms with Crippen molar-refractivity contribution in [2.75, 3.05) is 0 Å². The smallest absolute Gasteiger partial charge is 0.236 e. The van der Waals surface area contributed by atoms with Crippen molar-refractivity contribution in [2.45, 2.75) is 110 Å². The maximum atomic E-state index is 11.0. The van der Waals surface area contributed by atoms with Crippen LogP contribution < -0.4 is 4.74 Å². The quantitative estimate of drug-likeness (QED) is 0.149. The van der Waals surface area contributed by atoms with Crippen LogP contribution in [0, 0.1) is 0 Å². The summed E-state index contributed by atoms with van der Waals surface area (Å²) >= 11 is 1.65. The summed E-state index contributed by atoms with van der Waals surface area (Å²) in [6.07, 6.45) is 3.31. The van der Waals surface area contributed by atoms with Crippen molar-refractivity contribution in [3.63, 3.8) is 0 Å². The Morgan fingerprint density at radius 2 is 1.43 bits per heavy atom. The van der Waals surface area contributed by atoms with E-state index in [9.17, 15) is 4.79 Å². The van der Waals surface area contributed by atoms with Crippen molar-refractivity contribution >= 4 is 42.7 Å². The molecule has 0 spiro atoms. The first-order chi connectivity index (χ1) is 17.0. The molecule has 0 aliphatic carbocycles. The van der Waals surface area contributed by atoms with Crippen LogP contribution in [-0.2, 0) is 31.5 Å². The lowest BCUT2D eigenvalue weighted by atomic mass is 9.85. The summed E-state index contributed by atoms with van der Waals surface area (Å²) in [7, 11) is 0.730. The van der Waals surface area contributed by atoms with Gasteiger partial charge in [0, 0.05) is 4.88 Å². The van der Waals surface area contributed by atoms with Gasteiger partial charge in [-0.1, -0.05) is 54.5 Å². The summed E-state index contributed by atoms with van der Waals surface area (Å²) in [6, 6.07) is 8.39. The Bertz CT molecular complexity index is 1070. The molecule has 0 bridgehead atoms. The molecule has 0 fully saturated rings. The normalized spacial score (nSPS) is 13.6. The van der Waals surface area contributed by atoms with Gasteiger partial charge in [0.25, 0.3) is 0 Å². The molecule has 0 amide bonds. The highest BCUT2D eigenvalue weighted by molar-refractivity contribution is 7.10. The van der Waals surface area contributed by atoms with Crippen LogP contribution >= 0.6 is 11.3 Å². The number of aldehydes is 1. The lowest BCUT2D eigenvalue weighted by Gasteiger charge is -2.37. The molecule has 0 aliphatic heterocycles. The van der Waals surface area contributed by atoms with E-state index >= 15 is 0 Å². The fourth-order valence-electron chi connectivity index (χ4n) is 3.59. The number of thiophene rings is 1. The monoisotopic (exact) mass is 556 g/mol. The van der Waals surface area contributed by atoms with E-state index in [0.717, 1.165) is 45.6 Å². The topological polar surface area (TPSA) is 44.8 Å². The van der Waals surface area contributed by atoms with Gasteiger partial charge in [-0.15, -0.1) is 11.3 Å². The van der Waals surface area contributed by atoms with Gasteiger partial charge in [-0.3, -0.25) is 4.79 Å². The van der Waals surface area contributed by atoms with Crippen LogP contribution in [0.25, 0.3) is 5.57 Å². The highest BCUT2D eigenvalue weighted by atomic mass is 32.1. The first kappa shape index (κ1) is 31.7. The lowest BCUT2D eigenvalue weighted by Crippen LogP contribution is -2.34. The SMILES string of the molecule is CCC(=CC=O)c1csc(COc2ccc(C(C)(C)O[Si]C(C)(C)C)c(C(C)(C)O[Si]C(C)(C)C)c2)c1. The van der Waals surface area contributed by atoms with E-state index in [2.05, 4.69) is 99.7 Å². The molecular weight excluding hydrogens is 513 g/mol. The Kier molecular flexibility index (Phi) is 10.8. The molecule has 2 rings (SSSR count). The average Bonchev–Trinajstić information content (AvgIpc) is 3.26. The molecule has 0 unspecified atom stereocenters. The summed E-state index contributed by atoms with van der Waals surface area (Å²) < 4.78 is 19.3. The molecule has 0 atom stereocenters. The molecule has 1 heterocycles. The standard InChI is InChI=1S/C30H44O4SSi2/c1-12-21(15-16-31)22-17-24(35-20-22)19-32-23-13-14-25(29(8,9)33-36-27(2,3)4)26(18-23)30(10,11)34-37-28(5,6)7/h13-18,20H,12,19H2,1-11H3. The molecule has 4 radical (unpaired) electrons. The molecule has 0 saturated heterocycles. The third-order valence-electron chi connectivity index (χ3n) is 5.57. The van der Waals surface area contributed by atoms with Crippen LogP contribution in [0.15, 0.2) is 35.7 Å². The Hall–Kier alpha value is -1.52. The average molecular weight is 557 g/mol. The molecule has 4 nitrogen and oxygen atoms in total. The van der Waals surface area contributed by atoms with E-state index in [1.165, 1.54) is 0 Å². The largest absolute Gasteiger partial charge is 0.488 e. The number of hydrogen-bond donors (Lipinski definition) is 0. The fraction of sp³-hybridized carbons (Fsp3) is 0.567. The minimum Gasteiger partial charge on any atom is -0.488 e. The van der Waals surface area contributed by atoms with Gasteiger partial charge in [0.05, 0.1) is 11.2 Å². The second kappa shape index (κ2) is 12.6. The van der Waals surface area contributed by atoms with E-state index in [1.54, 1.807) is 17.4 Å². The van der Waals surface area contributed by atoms with E-state index in [-0.39, 0.29) is 10.1 Å². The van der Waals surface area contributed by atoms with Crippen molar-refractivity contribution in [3.8, 4) is 5.75 Å². The van der Waals surface area contributed by atoms with Gasteiger partial charge >= 0.3 is 0 Å². The molecule has 2 aromatic rings. The molecule has 0 N–H and O–H groups in total. The van der Waals surface area contributed by atoms with Gasteiger partial charge in [-0.2, -0.15) is 0 Å². The van der Waals surface area contributed by atoms with Crippen molar-refractivity contribution in [2.24, 2.45) is 0 Å². The van der Waals surface area contributed by atoms with Crippen molar-refractivity contribution < 1.29 is 18.4 Å². The predicted octanol–water partition coefficient (Wildman–Crippen LogP) is 8.50. The number of carbonyl (C=O) groups is 1. The highest BCUT2D eigenvalue weighted by Crippen LogP contribution is 2.40. The zero-order valence-corrected chi connectivity index (χ0v) is 27.3. The Labute approximate surface area is 234 Å². The molecule has 0 aliphatic rings. The zero-order valence-electron chi connectivity index (χ0n) is 24.5.